The summed E-state index contributed by atoms with van der Waals surface area (Å²) in [6.45, 7) is 2.30. The third kappa shape index (κ3) is 14.4. The van der Waals surface area contributed by atoms with Crippen molar-refractivity contribution in [2.45, 2.75) is 84.2 Å². The number of esters is 1. The minimum atomic E-state index is -4.95. The van der Waals surface area contributed by atoms with Crippen molar-refractivity contribution in [2.24, 2.45) is 5.73 Å². The van der Waals surface area contributed by atoms with Gasteiger partial charge in [0.1, 0.15) is 11.6 Å². The Morgan fingerprint density at radius 3 is 1.40 bits per heavy atom. The normalized spacial score (nSPS) is 12.3. The second kappa shape index (κ2) is 27.8. The molecular formula is C62H58F10N6O8. The molecule has 0 unspecified atom stereocenters. The van der Waals surface area contributed by atoms with Crippen LogP contribution >= 0.6 is 0 Å². The van der Waals surface area contributed by atoms with Crippen molar-refractivity contribution in [2.75, 3.05) is 27.4 Å². The molecule has 0 fully saturated rings. The topological polar surface area (TPSA) is 171 Å². The Morgan fingerprint density at radius 1 is 0.558 bits per heavy atom. The Kier molecular flexibility index (Phi) is 20.8. The average molecular weight is 1210 g/mol. The van der Waals surface area contributed by atoms with Gasteiger partial charge in [-0.15, -0.1) is 0 Å². The zero-order valence-electron chi connectivity index (χ0n) is 46.9. The first-order valence-corrected chi connectivity index (χ1v) is 26.6. The lowest BCUT2D eigenvalue weighted by atomic mass is 10.0. The molecular weight excluding hydrogens is 1150 g/mol. The number of aromatic nitrogens is 4. The van der Waals surface area contributed by atoms with E-state index < -0.39 is 106 Å². The maximum atomic E-state index is 15.6. The number of nitrogens with zero attached hydrogens (tertiary/aromatic N) is 4. The molecule has 2 atom stereocenters. The van der Waals surface area contributed by atoms with Crippen LogP contribution in [0.25, 0.3) is 22.3 Å². The second-order valence-electron chi connectivity index (χ2n) is 19.5. The Balaban J connectivity index is 0.000000250. The fourth-order valence-corrected chi connectivity index (χ4v) is 9.83. The number of hydrogen-bond donors (Lipinski definition) is 2. The summed E-state index contributed by atoms with van der Waals surface area (Å²) in [5.41, 5.74) is -1.95. The van der Waals surface area contributed by atoms with Crippen LogP contribution in [0.3, 0.4) is 0 Å². The molecule has 6 aromatic carbocycles. The molecule has 86 heavy (non-hydrogen) atoms. The molecule has 2 heterocycles. The summed E-state index contributed by atoms with van der Waals surface area (Å²) in [7, 11) is 2.45. The van der Waals surface area contributed by atoms with Crippen LogP contribution in [0.4, 0.5) is 43.9 Å². The van der Waals surface area contributed by atoms with E-state index in [9.17, 15) is 54.7 Å². The van der Waals surface area contributed by atoms with Crippen molar-refractivity contribution in [3.63, 3.8) is 0 Å². The number of alkyl halides is 6. The van der Waals surface area contributed by atoms with Gasteiger partial charge < -0.3 is 25.3 Å². The molecule has 0 spiro atoms. The lowest BCUT2D eigenvalue weighted by Gasteiger charge is -2.24. The van der Waals surface area contributed by atoms with Gasteiger partial charge in [0.2, 0.25) is 0 Å². The SMILES string of the molecule is CCOC(=O)CCCN[C@@H](Cn1c(=O)c(-c2cccc(OC)c2F)c(C)n(Cc2c(F)cccc2C(F)(F)F)c1=O)c1ccccc1.COc1cccc(-c2c(C)n(Cc3c(F)cccc3C(F)(F)F)c(=O)n(C[C@H](N)c3ccccc3)c2=O)c1F. The summed E-state index contributed by atoms with van der Waals surface area (Å²) in [5, 5.41) is 3.23. The number of hydrogen-bond acceptors (Lipinski definition) is 10. The first-order chi connectivity index (χ1) is 40.8. The van der Waals surface area contributed by atoms with E-state index in [1.54, 1.807) is 67.6 Å². The molecule has 0 aliphatic rings. The van der Waals surface area contributed by atoms with Gasteiger partial charge in [-0.2, -0.15) is 26.3 Å². The maximum absolute atomic E-state index is 15.6. The Morgan fingerprint density at radius 2 is 0.977 bits per heavy atom. The molecule has 3 N–H and O–H groups in total. The molecule has 0 radical (unpaired) electrons. The second-order valence-corrected chi connectivity index (χ2v) is 19.5. The molecule has 454 valence electrons. The summed E-state index contributed by atoms with van der Waals surface area (Å²) in [6, 6.07) is 28.7. The molecule has 0 saturated carbocycles. The first-order valence-electron chi connectivity index (χ1n) is 26.6. The van der Waals surface area contributed by atoms with Gasteiger partial charge in [0.05, 0.1) is 75.3 Å². The molecule has 0 saturated heterocycles. The number of nitrogens with one attached hydrogen (secondary N) is 1. The maximum Gasteiger partial charge on any atom is 0.416 e. The van der Waals surface area contributed by atoms with Crippen molar-refractivity contribution in [1.82, 2.24) is 23.6 Å². The van der Waals surface area contributed by atoms with Crippen LogP contribution in [-0.4, -0.2) is 51.6 Å². The fourth-order valence-electron chi connectivity index (χ4n) is 9.83. The van der Waals surface area contributed by atoms with Gasteiger partial charge in [0.25, 0.3) is 11.1 Å². The average Bonchev–Trinajstić information content (AvgIpc) is 0.901. The van der Waals surface area contributed by atoms with E-state index in [2.05, 4.69) is 5.32 Å². The van der Waals surface area contributed by atoms with Crippen LogP contribution < -0.4 is 43.0 Å². The standard InChI is InChI=1S/C34H34F5N3O5.C28H24F5N3O3/c1-4-47-29(43)17-10-18-40-27(22-11-6-5-7-12-22)20-42-32(44)30(23-13-8-16-28(46-3)31(23)36)21(2)41(33(42)45)19-24-25(34(37,38)39)14-9-15-26(24)35;1-16-24(18-10-6-13-23(39-2)25(18)30)26(37)36(15-22(34)17-8-4-3-5-9-17)27(38)35(16)14-19-20(28(31,32)33)11-7-12-21(19)29/h5-9,11-16,27,40H,4,10,17-20H2,1-3H3;3-13,22H,14-15,34H2,1-2H3/t27-;22-/m00/s1. The molecule has 0 aliphatic carbocycles. The largest absolute Gasteiger partial charge is 0.494 e. The van der Waals surface area contributed by atoms with Crippen LogP contribution in [-0.2, 0) is 48.1 Å². The van der Waals surface area contributed by atoms with Gasteiger partial charge >= 0.3 is 29.7 Å². The highest BCUT2D eigenvalue weighted by atomic mass is 19.4. The number of halogens is 10. The minimum Gasteiger partial charge on any atom is -0.494 e. The monoisotopic (exact) mass is 1200 g/mol. The number of rotatable bonds is 20. The highest BCUT2D eigenvalue weighted by Gasteiger charge is 2.37. The number of carbonyl (C=O) groups is 1. The van der Waals surface area contributed by atoms with E-state index in [-0.39, 0.29) is 83.8 Å². The Labute approximate surface area is 485 Å². The van der Waals surface area contributed by atoms with E-state index in [0.29, 0.717) is 29.7 Å². The molecule has 2 aromatic heterocycles. The lowest BCUT2D eigenvalue weighted by molar-refractivity contribution is -0.143. The van der Waals surface area contributed by atoms with Crippen LogP contribution in [0.15, 0.2) is 153 Å². The zero-order valence-corrected chi connectivity index (χ0v) is 46.9. The van der Waals surface area contributed by atoms with Crippen LogP contribution in [0, 0.1) is 37.1 Å². The third-order valence-electron chi connectivity index (χ3n) is 14.2. The van der Waals surface area contributed by atoms with Gasteiger partial charge in [0, 0.05) is 46.1 Å². The smallest absolute Gasteiger partial charge is 0.416 e. The number of methoxy groups -OCH3 is 2. The summed E-state index contributed by atoms with van der Waals surface area (Å²) < 4.78 is 162. The lowest BCUT2D eigenvalue weighted by Crippen LogP contribution is -2.45. The van der Waals surface area contributed by atoms with Crippen molar-refractivity contribution < 1.29 is 62.9 Å². The van der Waals surface area contributed by atoms with Gasteiger partial charge in [-0.1, -0.05) is 97.1 Å². The van der Waals surface area contributed by atoms with E-state index in [1.807, 2.05) is 0 Å². The van der Waals surface area contributed by atoms with Crippen molar-refractivity contribution >= 4 is 5.97 Å². The van der Waals surface area contributed by atoms with Gasteiger partial charge in [-0.3, -0.25) is 32.7 Å². The Bertz CT molecular complexity index is 3980. The predicted molar refractivity (Wildman–Crippen MR) is 301 cm³/mol. The molecule has 24 heteroatoms. The molecule has 0 amide bonds. The van der Waals surface area contributed by atoms with E-state index in [0.717, 1.165) is 42.5 Å². The molecule has 0 bridgehead atoms. The summed E-state index contributed by atoms with van der Waals surface area (Å²) >= 11 is 0. The van der Waals surface area contributed by atoms with E-state index >= 15 is 13.2 Å². The van der Waals surface area contributed by atoms with E-state index in [1.165, 1.54) is 64.5 Å². The molecule has 14 nitrogen and oxygen atoms in total. The van der Waals surface area contributed by atoms with Gasteiger partial charge in [-0.25, -0.2) is 27.2 Å². The summed E-state index contributed by atoms with van der Waals surface area (Å²) in [4.78, 5) is 67.3. The summed E-state index contributed by atoms with van der Waals surface area (Å²) in [5.74, 6) is -5.02. The fraction of sp³-hybridized carbons (Fsp3) is 0.274. The van der Waals surface area contributed by atoms with Crippen LogP contribution in [0.2, 0.25) is 0 Å². The molecule has 8 rings (SSSR count). The zero-order chi connectivity index (χ0) is 62.8. The number of carbonyl (C=O) groups excluding carboxylic acids is 1. The highest BCUT2D eigenvalue weighted by Crippen LogP contribution is 2.37. The van der Waals surface area contributed by atoms with Crippen LogP contribution in [0.1, 0.15) is 76.6 Å². The van der Waals surface area contributed by atoms with E-state index in [4.69, 9.17) is 19.9 Å². The number of ether oxygens (including phenoxy) is 3. The number of benzene rings is 6. The first kappa shape index (κ1) is 64.5. The highest BCUT2D eigenvalue weighted by molar-refractivity contribution is 5.70. The number of nitrogens with two attached hydrogens (primary N) is 1. The van der Waals surface area contributed by atoms with Gasteiger partial charge in [-0.05, 0) is 81.3 Å². The van der Waals surface area contributed by atoms with Crippen molar-refractivity contribution in [3.05, 3.63) is 243 Å². The molecule has 8 aromatic rings. The van der Waals surface area contributed by atoms with Crippen molar-refractivity contribution in [3.8, 4) is 33.8 Å². The summed E-state index contributed by atoms with van der Waals surface area (Å²) in [6.07, 6.45) is -9.39. The minimum absolute atomic E-state index is 0.114. The molecule has 0 aliphatic heterocycles. The van der Waals surface area contributed by atoms with Crippen molar-refractivity contribution in [1.29, 1.82) is 0 Å². The van der Waals surface area contributed by atoms with Gasteiger partial charge in [0.15, 0.2) is 23.1 Å². The predicted octanol–water partition coefficient (Wildman–Crippen LogP) is 11.1. The van der Waals surface area contributed by atoms with Crippen LogP contribution in [0.5, 0.6) is 11.5 Å². The Hall–Kier alpha value is -9.03. The third-order valence-corrected chi connectivity index (χ3v) is 14.2. The quantitative estimate of drug-likeness (QED) is 0.0425.